The molecule has 0 aromatic heterocycles. The van der Waals surface area contributed by atoms with Gasteiger partial charge in [-0.2, -0.15) is 8.78 Å². The number of aryl methyl sites for hydroxylation is 2. The molecule has 0 saturated carbocycles. The number of alkyl halides is 2. The molecule has 2 aromatic carbocycles. The van der Waals surface area contributed by atoms with Gasteiger partial charge in [0, 0.05) is 15.1 Å². The number of ether oxygens (including phenoxy) is 1. The number of carbonyl (C=O) groups excluding carboxylic acids is 1. The lowest BCUT2D eigenvalue weighted by atomic mass is 10.2. The van der Waals surface area contributed by atoms with Gasteiger partial charge in [-0.1, -0.05) is 27.5 Å². The summed E-state index contributed by atoms with van der Waals surface area (Å²) < 4.78 is 29.7. The van der Waals surface area contributed by atoms with Crippen molar-refractivity contribution in [1.29, 1.82) is 0 Å². The van der Waals surface area contributed by atoms with Gasteiger partial charge in [-0.05, 0) is 55.3 Å². The zero-order chi connectivity index (χ0) is 18.6. The normalized spacial score (nSPS) is 10.8. The molecule has 8 heteroatoms. The predicted octanol–water partition coefficient (Wildman–Crippen LogP) is 6.05. The third kappa shape index (κ3) is 5.87. The highest BCUT2D eigenvalue weighted by atomic mass is 79.9. The highest BCUT2D eigenvalue weighted by Crippen LogP contribution is 2.30. The van der Waals surface area contributed by atoms with E-state index in [4.69, 9.17) is 11.6 Å². The number of hydrogen-bond donors (Lipinski definition) is 1. The van der Waals surface area contributed by atoms with Gasteiger partial charge in [-0.3, -0.25) is 4.79 Å². The number of thioether (sulfide) groups is 1. The van der Waals surface area contributed by atoms with Gasteiger partial charge in [0.25, 0.3) is 0 Å². The monoisotopic (exact) mass is 449 g/mol. The molecule has 1 amide bonds. The third-order valence-corrected chi connectivity index (χ3v) is 5.55. The molecule has 25 heavy (non-hydrogen) atoms. The number of amides is 1. The molecule has 1 N–H and O–H groups in total. The first kappa shape index (κ1) is 20.0. The quantitative estimate of drug-likeness (QED) is 0.544. The van der Waals surface area contributed by atoms with Gasteiger partial charge >= 0.3 is 6.61 Å². The van der Waals surface area contributed by atoms with Crippen LogP contribution in [0.5, 0.6) is 5.75 Å². The molecule has 0 aliphatic heterocycles. The fourth-order valence-electron chi connectivity index (χ4n) is 2.02. The first-order valence-corrected chi connectivity index (χ1v) is 9.35. The summed E-state index contributed by atoms with van der Waals surface area (Å²) in [6, 6.07) is 8.15. The lowest BCUT2D eigenvalue weighted by molar-refractivity contribution is -0.113. The molecule has 0 radical (unpaired) electrons. The Morgan fingerprint density at radius 2 is 2.00 bits per heavy atom. The molecule has 0 heterocycles. The van der Waals surface area contributed by atoms with Crippen molar-refractivity contribution in [1.82, 2.24) is 0 Å². The number of carbonyl (C=O) groups is 1. The van der Waals surface area contributed by atoms with Crippen molar-refractivity contribution in [3.63, 3.8) is 0 Å². The maximum Gasteiger partial charge on any atom is 0.387 e. The van der Waals surface area contributed by atoms with Crippen LogP contribution in [0.15, 0.2) is 39.7 Å². The van der Waals surface area contributed by atoms with Crippen molar-refractivity contribution in [3.8, 4) is 5.75 Å². The minimum Gasteiger partial charge on any atom is -0.433 e. The van der Waals surface area contributed by atoms with Crippen LogP contribution < -0.4 is 10.1 Å². The van der Waals surface area contributed by atoms with Crippen molar-refractivity contribution < 1.29 is 18.3 Å². The summed E-state index contributed by atoms with van der Waals surface area (Å²) in [7, 11) is 0. The molecule has 0 aliphatic carbocycles. The Hall–Kier alpha value is -1.31. The van der Waals surface area contributed by atoms with Crippen LogP contribution in [0.1, 0.15) is 11.1 Å². The molecular formula is C17H15BrClF2NO2S. The van der Waals surface area contributed by atoms with Crippen LogP contribution in [-0.4, -0.2) is 18.3 Å². The highest BCUT2D eigenvalue weighted by Gasteiger charge is 2.11. The molecule has 0 fully saturated rings. The van der Waals surface area contributed by atoms with Gasteiger partial charge in [0.2, 0.25) is 5.91 Å². The van der Waals surface area contributed by atoms with E-state index in [1.54, 1.807) is 0 Å². The number of nitrogens with one attached hydrogen (secondary N) is 1. The minimum absolute atomic E-state index is 0.00475. The summed E-state index contributed by atoms with van der Waals surface area (Å²) in [5, 5.41) is 2.69. The van der Waals surface area contributed by atoms with E-state index < -0.39 is 6.61 Å². The summed E-state index contributed by atoms with van der Waals surface area (Å²) in [4.78, 5) is 13.1. The molecule has 2 rings (SSSR count). The van der Waals surface area contributed by atoms with E-state index in [9.17, 15) is 13.6 Å². The number of halogens is 4. The van der Waals surface area contributed by atoms with E-state index in [0.717, 1.165) is 20.5 Å². The van der Waals surface area contributed by atoms with Crippen LogP contribution >= 0.6 is 39.3 Å². The van der Waals surface area contributed by atoms with Crippen LogP contribution in [0.25, 0.3) is 0 Å². The molecule has 0 saturated heterocycles. The Kier molecular flexibility index (Phi) is 7.10. The first-order chi connectivity index (χ1) is 11.8. The molecule has 134 valence electrons. The van der Waals surface area contributed by atoms with Crippen molar-refractivity contribution in [2.75, 3.05) is 11.1 Å². The summed E-state index contributed by atoms with van der Waals surface area (Å²) in [6.45, 7) is 1.01. The molecule has 0 spiro atoms. The molecule has 0 unspecified atom stereocenters. The van der Waals surface area contributed by atoms with Crippen LogP contribution in [0.4, 0.5) is 14.5 Å². The average molecular weight is 451 g/mol. The Morgan fingerprint density at radius 1 is 1.28 bits per heavy atom. The Labute approximate surface area is 162 Å². The van der Waals surface area contributed by atoms with E-state index in [0.29, 0.717) is 5.69 Å². The molecular weight excluding hydrogens is 436 g/mol. The molecule has 0 aliphatic rings. The molecule has 0 atom stereocenters. The maximum atomic E-state index is 12.2. The second kappa shape index (κ2) is 8.87. The zero-order valence-corrected chi connectivity index (χ0v) is 16.6. The van der Waals surface area contributed by atoms with Crippen molar-refractivity contribution >= 4 is 50.9 Å². The molecule has 3 nitrogen and oxygen atoms in total. The van der Waals surface area contributed by atoms with Crippen molar-refractivity contribution in [3.05, 3.63) is 51.0 Å². The SMILES string of the molecule is Cc1cc(SCC(=O)Nc2ccc(OC(F)F)c(Cl)c2)c(C)cc1Br. The third-order valence-electron chi connectivity index (χ3n) is 3.25. The van der Waals surface area contributed by atoms with Gasteiger partial charge in [-0.15, -0.1) is 11.8 Å². The topological polar surface area (TPSA) is 38.3 Å². The number of hydrogen-bond acceptors (Lipinski definition) is 3. The van der Waals surface area contributed by atoms with Crippen molar-refractivity contribution in [2.45, 2.75) is 25.4 Å². The van der Waals surface area contributed by atoms with Gasteiger partial charge in [0.15, 0.2) is 0 Å². The Morgan fingerprint density at radius 3 is 2.64 bits per heavy atom. The van der Waals surface area contributed by atoms with Gasteiger partial charge in [0.1, 0.15) is 5.75 Å². The number of anilines is 1. The lowest BCUT2D eigenvalue weighted by Gasteiger charge is -2.11. The largest absolute Gasteiger partial charge is 0.433 e. The fraction of sp³-hybridized carbons (Fsp3) is 0.235. The second-order valence-corrected chi connectivity index (χ2v) is 7.51. The molecule has 2 aromatic rings. The highest BCUT2D eigenvalue weighted by molar-refractivity contribution is 9.10. The molecule has 0 bridgehead atoms. The second-order valence-electron chi connectivity index (χ2n) is 5.23. The van der Waals surface area contributed by atoms with E-state index in [1.165, 1.54) is 30.0 Å². The summed E-state index contributed by atoms with van der Waals surface area (Å²) in [5.41, 5.74) is 2.59. The fourth-order valence-corrected chi connectivity index (χ4v) is 3.61. The van der Waals surface area contributed by atoms with E-state index >= 15 is 0 Å². The smallest absolute Gasteiger partial charge is 0.387 e. The van der Waals surface area contributed by atoms with E-state index in [2.05, 4.69) is 26.0 Å². The number of benzene rings is 2. The van der Waals surface area contributed by atoms with Gasteiger partial charge < -0.3 is 10.1 Å². The number of rotatable bonds is 6. The van der Waals surface area contributed by atoms with Gasteiger partial charge in [-0.25, -0.2) is 0 Å². The average Bonchev–Trinajstić information content (AvgIpc) is 2.52. The van der Waals surface area contributed by atoms with Crippen LogP contribution in [-0.2, 0) is 4.79 Å². The van der Waals surface area contributed by atoms with Gasteiger partial charge in [0.05, 0.1) is 10.8 Å². The van der Waals surface area contributed by atoms with Crippen LogP contribution in [0, 0.1) is 13.8 Å². The van der Waals surface area contributed by atoms with Crippen LogP contribution in [0.2, 0.25) is 5.02 Å². The standard InChI is InChI=1S/C17H15BrClF2NO2S/c1-9-6-15(10(2)5-12(9)18)25-8-16(23)22-11-3-4-14(13(19)7-11)24-17(20)21/h3-7,17H,8H2,1-2H3,(H,22,23). The van der Waals surface area contributed by atoms with E-state index in [1.807, 2.05) is 26.0 Å². The van der Waals surface area contributed by atoms with E-state index in [-0.39, 0.29) is 22.4 Å². The van der Waals surface area contributed by atoms with Crippen LogP contribution in [0.3, 0.4) is 0 Å². The summed E-state index contributed by atoms with van der Waals surface area (Å²) in [5.74, 6) is -0.136. The van der Waals surface area contributed by atoms with Crippen molar-refractivity contribution in [2.24, 2.45) is 0 Å². The predicted molar refractivity (Wildman–Crippen MR) is 101 cm³/mol. The maximum absolute atomic E-state index is 12.2. The Balaban J connectivity index is 1.96. The zero-order valence-electron chi connectivity index (χ0n) is 13.4. The minimum atomic E-state index is -2.95. The summed E-state index contributed by atoms with van der Waals surface area (Å²) in [6.07, 6.45) is 0. The lowest BCUT2D eigenvalue weighted by Crippen LogP contribution is -2.14. The first-order valence-electron chi connectivity index (χ1n) is 7.20. The summed E-state index contributed by atoms with van der Waals surface area (Å²) >= 11 is 10.8. The Bertz CT molecular complexity index is 789.